The Labute approximate surface area is 212 Å². The van der Waals surface area contributed by atoms with E-state index < -0.39 is 45.0 Å². The van der Waals surface area contributed by atoms with Crippen LogP contribution in [0.3, 0.4) is 0 Å². The average Bonchev–Trinajstić information content (AvgIpc) is 2.87. The van der Waals surface area contributed by atoms with Gasteiger partial charge in [0.2, 0.25) is 0 Å². The van der Waals surface area contributed by atoms with Gasteiger partial charge in [-0.3, -0.25) is 4.90 Å². The van der Waals surface area contributed by atoms with Gasteiger partial charge in [-0.1, -0.05) is 112 Å². The number of carboxylic acid groups (broad SMARTS) is 1. The van der Waals surface area contributed by atoms with Crippen molar-refractivity contribution in [1.29, 1.82) is 0 Å². The molecular formula is C28H33NO5Si. The first kappa shape index (κ1) is 22.1. The molecule has 35 heavy (non-hydrogen) atoms. The Balaban J connectivity index is 2.00. The summed E-state index contributed by atoms with van der Waals surface area (Å²) in [4.78, 5) is 25.7. The van der Waals surface area contributed by atoms with E-state index in [1.54, 1.807) is 30.3 Å². The number of hydrogen-bond donors (Lipinski definition) is 1. The zero-order valence-corrected chi connectivity index (χ0v) is 21.2. The highest BCUT2D eigenvalue weighted by Gasteiger charge is 2.51. The van der Waals surface area contributed by atoms with Crippen molar-refractivity contribution < 1.29 is 28.0 Å². The Kier molecular flexibility index (Phi) is 7.15. The van der Waals surface area contributed by atoms with Crippen molar-refractivity contribution in [3.8, 4) is 0 Å². The Bertz CT molecular complexity index is 1160. The van der Waals surface area contributed by atoms with Crippen molar-refractivity contribution in [3.05, 3.63) is 96.6 Å². The lowest BCUT2D eigenvalue weighted by Gasteiger charge is -2.43. The number of aliphatic carboxylic acids is 1. The number of carbonyl (C=O) groups is 2. The molecule has 1 atom stereocenters. The lowest BCUT2D eigenvalue weighted by molar-refractivity contribution is -0.143. The molecule has 0 aliphatic heterocycles. The van der Waals surface area contributed by atoms with Crippen LogP contribution in [0.1, 0.15) is 30.4 Å². The highest BCUT2D eigenvalue weighted by atomic mass is 28.4. The average molecular weight is 495 g/mol. The molecule has 0 spiro atoms. The minimum atomic E-state index is -3.19. The molecule has 0 bridgehead atoms. The van der Waals surface area contributed by atoms with Gasteiger partial charge < -0.3 is 14.3 Å². The third-order valence-corrected chi connectivity index (χ3v) is 10.9. The van der Waals surface area contributed by atoms with Gasteiger partial charge in [0.15, 0.2) is 6.04 Å². The van der Waals surface area contributed by atoms with Gasteiger partial charge in [0.25, 0.3) is 8.32 Å². The van der Waals surface area contributed by atoms with Crippen LogP contribution in [0.4, 0.5) is 4.79 Å². The van der Waals surface area contributed by atoms with Gasteiger partial charge in [-0.25, -0.2) is 9.59 Å². The third kappa shape index (κ3) is 5.99. The van der Waals surface area contributed by atoms with Gasteiger partial charge in [0, 0.05) is 11.1 Å². The predicted molar refractivity (Wildman–Crippen MR) is 139 cm³/mol. The fourth-order valence-electron chi connectivity index (χ4n) is 4.14. The molecule has 3 rings (SSSR count). The molecule has 0 saturated carbocycles. The van der Waals surface area contributed by atoms with E-state index in [-0.39, 0.29) is 11.5 Å². The number of benzene rings is 3. The molecule has 6 nitrogen and oxygen atoms in total. The van der Waals surface area contributed by atoms with E-state index in [1.807, 2.05) is 81.4 Å². The summed E-state index contributed by atoms with van der Waals surface area (Å²) in [5, 5.41) is 11.4. The van der Waals surface area contributed by atoms with Crippen LogP contribution in [0.5, 0.6) is 0 Å². The summed E-state index contributed by atoms with van der Waals surface area (Å²) < 4.78 is 35.8. The zero-order chi connectivity index (χ0) is 28.0. The molecular weight excluding hydrogens is 458 g/mol. The summed E-state index contributed by atoms with van der Waals surface area (Å²) in [6.07, 6.45) is -1.26. The second kappa shape index (κ2) is 11.3. The Hall–Kier alpha value is -3.42. The summed E-state index contributed by atoms with van der Waals surface area (Å²) in [6, 6.07) is 26.0. The van der Waals surface area contributed by atoms with Gasteiger partial charge in [-0.2, -0.15) is 0 Å². The Morgan fingerprint density at radius 3 is 1.83 bits per heavy atom. The Morgan fingerprint density at radius 1 is 0.914 bits per heavy atom. The number of rotatable bonds is 9. The lowest BCUT2D eigenvalue weighted by atomic mass is 10.2. The van der Waals surface area contributed by atoms with Gasteiger partial charge >= 0.3 is 12.1 Å². The van der Waals surface area contributed by atoms with E-state index in [0.29, 0.717) is 5.56 Å². The maximum atomic E-state index is 13.0. The minimum absolute atomic E-state index is 0.200. The molecule has 3 aromatic carbocycles. The largest absolute Gasteiger partial charge is 0.480 e. The fraction of sp³-hybridized carbons (Fsp3) is 0.286. The first-order valence-corrected chi connectivity index (χ1v) is 13.3. The number of amides is 1. The van der Waals surface area contributed by atoms with Gasteiger partial charge in [0.05, 0.1) is 6.61 Å². The van der Waals surface area contributed by atoms with Crippen LogP contribution >= 0.6 is 0 Å². The second-order valence-electron chi connectivity index (χ2n) is 9.24. The van der Waals surface area contributed by atoms with Crippen molar-refractivity contribution in [2.75, 3.05) is 13.6 Å². The first-order valence-electron chi connectivity index (χ1n) is 12.9. The van der Waals surface area contributed by atoms with Crippen LogP contribution in [0.15, 0.2) is 91.0 Å². The lowest BCUT2D eigenvalue weighted by Crippen LogP contribution is -2.67. The number of nitrogens with zero attached hydrogens (tertiary/aromatic N) is 1. The Morgan fingerprint density at radius 2 is 1.40 bits per heavy atom. The summed E-state index contributed by atoms with van der Waals surface area (Å²) in [5.41, 5.74) is 0.641. The van der Waals surface area contributed by atoms with Crippen molar-refractivity contribution in [2.24, 2.45) is 0 Å². The van der Waals surface area contributed by atoms with Gasteiger partial charge in [-0.05, 0) is 21.0 Å². The van der Waals surface area contributed by atoms with Crippen LogP contribution in [0.2, 0.25) is 5.04 Å². The van der Waals surface area contributed by atoms with Crippen molar-refractivity contribution in [1.82, 2.24) is 4.90 Å². The molecule has 1 N–H and O–H groups in total. The summed E-state index contributed by atoms with van der Waals surface area (Å²) >= 11 is 0. The number of hydrogen-bond acceptors (Lipinski definition) is 4. The van der Waals surface area contributed by atoms with Crippen molar-refractivity contribution >= 4 is 30.8 Å². The summed E-state index contributed by atoms with van der Waals surface area (Å²) in [7, 11) is -3.19. The zero-order valence-electron chi connectivity index (χ0n) is 23.2. The summed E-state index contributed by atoms with van der Waals surface area (Å²) in [5.74, 6) is -1.50. The highest BCUT2D eigenvalue weighted by Crippen LogP contribution is 2.37. The number of carbonyl (C=O) groups excluding carboxylic acids is 1. The van der Waals surface area contributed by atoms with Crippen LogP contribution in [-0.2, 0) is 20.6 Å². The molecule has 1 amide bonds. The van der Waals surface area contributed by atoms with Crippen LogP contribution < -0.4 is 10.4 Å². The monoisotopic (exact) mass is 494 g/mol. The quantitative estimate of drug-likeness (QED) is 0.449. The standard InChI is InChI=1S/C28H33NO5Si/c1-28(2,3)35(23-16-10-6-11-17-23,24-18-12-7-13-19-24)34-21-25(26(30)31)29(4)27(32)33-20-22-14-8-5-9-15-22/h5-19,25H,20-21H2,1-4H3,(H,30,31)/t25-/m1/s1/i4D3. The van der Waals surface area contributed by atoms with Gasteiger partial charge in [0.1, 0.15) is 6.61 Å². The number of carboxylic acids is 1. The fourth-order valence-corrected chi connectivity index (χ4v) is 8.70. The van der Waals surface area contributed by atoms with E-state index in [1.165, 1.54) is 0 Å². The first-order chi connectivity index (χ1) is 17.9. The van der Waals surface area contributed by atoms with E-state index >= 15 is 0 Å². The normalized spacial score (nSPS) is 14.2. The molecule has 184 valence electrons. The predicted octanol–water partition coefficient (Wildman–Crippen LogP) is 4.28. The maximum Gasteiger partial charge on any atom is 0.410 e. The highest BCUT2D eigenvalue weighted by molar-refractivity contribution is 6.99. The van der Waals surface area contributed by atoms with Crippen molar-refractivity contribution in [2.45, 2.75) is 38.5 Å². The molecule has 3 aromatic rings. The SMILES string of the molecule is [2H]C([2H])([2H])N(C(=O)OCc1ccccc1)[C@H](CO[Si](c1ccccc1)(c1ccccc1)C(C)(C)C)C(=O)O. The van der Waals surface area contributed by atoms with Crippen LogP contribution in [0.25, 0.3) is 0 Å². The molecule has 0 aromatic heterocycles. The van der Waals surface area contributed by atoms with Crippen LogP contribution in [-0.4, -0.2) is 50.0 Å². The second-order valence-corrected chi connectivity index (χ2v) is 13.5. The van der Waals surface area contributed by atoms with Crippen molar-refractivity contribution in [3.63, 3.8) is 0 Å². The molecule has 0 saturated heterocycles. The van der Waals surface area contributed by atoms with E-state index in [9.17, 15) is 14.7 Å². The van der Waals surface area contributed by atoms with E-state index in [2.05, 4.69) is 0 Å². The molecule has 0 aliphatic rings. The molecule has 0 aliphatic carbocycles. The van der Waals surface area contributed by atoms with Gasteiger partial charge in [-0.15, -0.1) is 0 Å². The molecule has 0 unspecified atom stereocenters. The molecule has 0 radical (unpaired) electrons. The topological polar surface area (TPSA) is 76.1 Å². The molecule has 7 heteroatoms. The van der Waals surface area contributed by atoms with E-state index in [4.69, 9.17) is 13.3 Å². The smallest absolute Gasteiger partial charge is 0.410 e. The number of ether oxygens (including phenoxy) is 1. The third-order valence-electron chi connectivity index (χ3n) is 5.87. The molecule has 0 heterocycles. The molecule has 0 fully saturated rings. The van der Waals surface area contributed by atoms with E-state index in [0.717, 1.165) is 10.4 Å². The minimum Gasteiger partial charge on any atom is -0.480 e. The van der Waals surface area contributed by atoms with Crippen LogP contribution in [0, 0.1) is 0 Å². The summed E-state index contributed by atoms with van der Waals surface area (Å²) in [6.45, 7) is 2.24. The maximum absolute atomic E-state index is 13.0. The number of likely N-dealkylation sites (N-methyl/N-ethyl adjacent to an activating group) is 1.